The van der Waals surface area contributed by atoms with Gasteiger partial charge in [-0.3, -0.25) is 14.4 Å². The van der Waals surface area contributed by atoms with Crippen LogP contribution in [-0.4, -0.2) is 91.8 Å². The fourth-order valence-electron chi connectivity index (χ4n) is 3.29. The van der Waals surface area contributed by atoms with E-state index in [0.717, 1.165) is 0 Å². The number of amides is 3. The number of aromatic hydroxyl groups is 1. The molecule has 0 bridgehead atoms. The highest BCUT2D eigenvalue weighted by atomic mass is 32.2. The van der Waals surface area contributed by atoms with Gasteiger partial charge in [-0.15, -0.1) is 0 Å². The lowest BCUT2D eigenvalue weighted by Gasteiger charge is -2.24. The number of aliphatic hydroxyl groups is 1. The lowest BCUT2D eigenvalue weighted by Crippen LogP contribution is -2.58. The van der Waals surface area contributed by atoms with Gasteiger partial charge in [0.2, 0.25) is 17.7 Å². The molecule has 2 aromatic rings. The van der Waals surface area contributed by atoms with Gasteiger partial charge in [0.05, 0.1) is 19.0 Å². The van der Waals surface area contributed by atoms with E-state index in [1.807, 2.05) is 6.26 Å². The van der Waals surface area contributed by atoms with Crippen molar-refractivity contribution in [2.24, 2.45) is 5.73 Å². The van der Waals surface area contributed by atoms with Crippen molar-refractivity contribution >= 4 is 35.5 Å². The first kappa shape index (κ1) is 29.6. The minimum absolute atomic E-state index is 0.00435. The number of carbonyl (C=O) groups is 4. The smallest absolute Gasteiger partial charge is 0.326 e. The average molecular weight is 537 g/mol. The lowest BCUT2D eigenvalue weighted by molar-refractivity contribution is -0.142. The number of phenolic OH excluding ortho intramolecular Hbond substituents is 1. The number of carboxylic acid groups (broad SMARTS) is 1. The maximum atomic E-state index is 13.0. The van der Waals surface area contributed by atoms with Crippen LogP contribution in [0.3, 0.4) is 0 Å². The highest BCUT2D eigenvalue weighted by molar-refractivity contribution is 7.98. The van der Waals surface area contributed by atoms with Gasteiger partial charge in [-0.1, -0.05) is 12.1 Å². The number of hydrogen-bond acceptors (Lipinski definition) is 9. The van der Waals surface area contributed by atoms with E-state index in [0.29, 0.717) is 23.4 Å². The maximum Gasteiger partial charge on any atom is 0.326 e. The number of H-pyrrole nitrogens is 1. The minimum atomic E-state index is -1.49. The van der Waals surface area contributed by atoms with E-state index >= 15 is 0 Å². The van der Waals surface area contributed by atoms with Gasteiger partial charge in [-0.25, -0.2) is 9.78 Å². The highest BCUT2D eigenvalue weighted by Crippen LogP contribution is 2.12. The molecule has 0 aliphatic rings. The second-order valence-electron chi connectivity index (χ2n) is 8.24. The minimum Gasteiger partial charge on any atom is -0.508 e. The van der Waals surface area contributed by atoms with Crippen LogP contribution in [0.4, 0.5) is 0 Å². The molecule has 4 atom stereocenters. The van der Waals surface area contributed by atoms with E-state index in [1.165, 1.54) is 48.6 Å². The molecule has 1 heterocycles. The predicted octanol–water partition coefficient (Wildman–Crippen LogP) is -1.49. The summed E-state index contributed by atoms with van der Waals surface area (Å²) >= 11 is 1.52. The Hall–Kier alpha value is -3.62. The number of rotatable bonds is 15. The number of aliphatic hydroxyl groups excluding tert-OH is 1. The number of nitrogens with one attached hydrogen (secondary N) is 4. The predicted molar refractivity (Wildman–Crippen MR) is 136 cm³/mol. The summed E-state index contributed by atoms with van der Waals surface area (Å²) in [7, 11) is 0. The van der Waals surface area contributed by atoms with Gasteiger partial charge in [0, 0.05) is 24.7 Å². The van der Waals surface area contributed by atoms with Gasteiger partial charge in [-0.2, -0.15) is 11.8 Å². The molecule has 0 saturated carbocycles. The van der Waals surface area contributed by atoms with Crippen molar-refractivity contribution in [1.82, 2.24) is 25.9 Å². The molecule has 0 aliphatic heterocycles. The molecule has 1 aromatic heterocycles. The number of phenols is 1. The number of hydrogen-bond donors (Lipinski definition) is 8. The molecular formula is C23H32N6O7S. The second-order valence-corrected chi connectivity index (χ2v) is 9.23. The molecule has 14 heteroatoms. The maximum absolute atomic E-state index is 13.0. The monoisotopic (exact) mass is 536 g/mol. The molecule has 2 rings (SSSR count). The van der Waals surface area contributed by atoms with Crippen LogP contribution < -0.4 is 21.7 Å². The number of benzene rings is 1. The molecular weight excluding hydrogens is 504 g/mol. The summed E-state index contributed by atoms with van der Waals surface area (Å²) in [5.74, 6) is -2.94. The molecule has 0 fully saturated rings. The fourth-order valence-corrected chi connectivity index (χ4v) is 3.78. The average Bonchev–Trinajstić information content (AvgIpc) is 3.39. The van der Waals surface area contributed by atoms with Crippen molar-refractivity contribution in [3.8, 4) is 5.75 Å². The number of thioether (sulfide) groups is 1. The van der Waals surface area contributed by atoms with Crippen molar-refractivity contribution < 1.29 is 34.5 Å². The summed E-state index contributed by atoms with van der Waals surface area (Å²) in [6.45, 7) is -0.818. The van der Waals surface area contributed by atoms with Gasteiger partial charge in [0.25, 0.3) is 0 Å². The molecule has 0 aliphatic carbocycles. The summed E-state index contributed by atoms with van der Waals surface area (Å²) in [6, 6.07) is 0.936. The Balaban J connectivity index is 2.08. The van der Waals surface area contributed by atoms with E-state index in [4.69, 9.17) is 5.73 Å². The zero-order chi connectivity index (χ0) is 27.4. The zero-order valence-electron chi connectivity index (χ0n) is 20.2. The van der Waals surface area contributed by atoms with Crippen LogP contribution in [0.15, 0.2) is 36.8 Å². The quantitative estimate of drug-likeness (QED) is 0.132. The molecule has 3 amide bonds. The first-order chi connectivity index (χ1) is 17.6. The van der Waals surface area contributed by atoms with Gasteiger partial charge >= 0.3 is 5.97 Å². The van der Waals surface area contributed by atoms with Crippen molar-refractivity contribution in [3.63, 3.8) is 0 Å². The van der Waals surface area contributed by atoms with E-state index in [9.17, 15) is 34.5 Å². The lowest BCUT2D eigenvalue weighted by atomic mass is 10.1. The zero-order valence-corrected chi connectivity index (χ0v) is 21.0. The van der Waals surface area contributed by atoms with E-state index in [1.54, 1.807) is 0 Å². The number of carboxylic acids is 1. The number of carbonyl (C=O) groups excluding carboxylic acids is 3. The summed E-state index contributed by atoms with van der Waals surface area (Å²) in [5.41, 5.74) is 6.97. The van der Waals surface area contributed by atoms with Crippen LogP contribution in [0.25, 0.3) is 0 Å². The Kier molecular flexibility index (Phi) is 11.9. The van der Waals surface area contributed by atoms with Crippen molar-refractivity contribution in [2.45, 2.75) is 43.4 Å². The van der Waals surface area contributed by atoms with Gasteiger partial charge in [0.1, 0.15) is 23.9 Å². The molecule has 0 saturated heterocycles. The SMILES string of the molecule is CSCCC(N)C(=O)NC(Cc1cnc[nH]1)C(=O)NC(CO)C(=O)NC(Cc1ccc(O)cc1)C(=O)O. The van der Waals surface area contributed by atoms with Crippen molar-refractivity contribution in [2.75, 3.05) is 18.6 Å². The molecule has 4 unspecified atom stereocenters. The summed E-state index contributed by atoms with van der Waals surface area (Å²) < 4.78 is 0. The number of imidazole rings is 1. The summed E-state index contributed by atoms with van der Waals surface area (Å²) in [5, 5.41) is 35.9. The number of aromatic amines is 1. The normalized spacial score (nSPS) is 14.1. The van der Waals surface area contributed by atoms with Crippen LogP contribution in [0.2, 0.25) is 0 Å². The van der Waals surface area contributed by atoms with E-state index < -0.39 is 54.5 Å². The van der Waals surface area contributed by atoms with Crippen LogP contribution >= 0.6 is 11.8 Å². The number of aliphatic carboxylic acids is 1. The number of aromatic nitrogens is 2. The largest absolute Gasteiger partial charge is 0.508 e. The Morgan fingerprint density at radius 2 is 1.62 bits per heavy atom. The van der Waals surface area contributed by atoms with Gasteiger partial charge in [-0.05, 0) is 36.1 Å². The van der Waals surface area contributed by atoms with Gasteiger partial charge in [0.15, 0.2) is 0 Å². The van der Waals surface area contributed by atoms with Gasteiger partial charge < -0.3 is 42.0 Å². The number of nitrogens with two attached hydrogens (primary N) is 1. The fraction of sp³-hybridized carbons (Fsp3) is 0.435. The Labute approximate surface area is 217 Å². The van der Waals surface area contributed by atoms with E-state index in [-0.39, 0.29) is 18.6 Å². The molecule has 37 heavy (non-hydrogen) atoms. The van der Waals surface area contributed by atoms with Crippen LogP contribution in [0, 0.1) is 0 Å². The van der Waals surface area contributed by atoms with Crippen LogP contribution in [0.5, 0.6) is 5.75 Å². The van der Waals surface area contributed by atoms with Crippen LogP contribution in [0.1, 0.15) is 17.7 Å². The third-order valence-corrected chi connectivity index (χ3v) is 6.03. The Bertz CT molecular complexity index is 1030. The molecule has 13 nitrogen and oxygen atoms in total. The third-order valence-electron chi connectivity index (χ3n) is 5.39. The molecule has 0 spiro atoms. The van der Waals surface area contributed by atoms with Crippen molar-refractivity contribution in [3.05, 3.63) is 48.0 Å². The highest BCUT2D eigenvalue weighted by Gasteiger charge is 2.30. The molecule has 0 radical (unpaired) electrons. The first-order valence-electron chi connectivity index (χ1n) is 11.4. The standard InChI is InChI=1S/C23H32N6O7S/c1-37-7-6-16(24)20(32)27-17(9-14-10-25-12-26-14)21(33)29-19(11-30)22(34)28-18(23(35)36)8-13-2-4-15(31)5-3-13/h2-5,10,12,16-19,30-31H,6-9,11,24H2,1H3,(H,25,26)(H,27,32)(H,28,34)(H,29,33)(H,35,36). The molecule has 1 aromatic carbocycles. The number of nitrogens with zero attached hydrogens (tertiary/aromatic N) is 1. The van der Waals surface area contributed by atoms with Crippen molar-refractivity contribution in [1.29, 1.82) is 0 Å². The van der Waals surface area contributed by atoms with Crippen LogP contribution in [-0.2, 0) is 32.0 Å². The molecule has 202 valence electrons. The Morgan fingerprint density at radius 1 is 1.00 bits per heavy atom. The third kappa shape index (κ3) is 9.74. The topological polar surface area (TPSA) is 220 Å². The second kappa shape index (κ2) is 14.8. The molecule has 9 N–H and O–H groups in total. The Morgan fingerprint density at radius 3 is 2.19 bits per heavy atom. The summed E-state index contributed by atoms with van der Waals surface area (Å²) in [4.78, 5) is 56.7. The van der Waals surface area contributed by atoms with E-state index in [2.05, 4.69) is 25.9 Å². The summed E-state index contributed by atoms with van der Waals surface area (Å²) in [6.07, 6.45) is 5.05. The first-order valence-corrected chi connectivity index (χ1v) is 12.8.